The molecule has 0 spiro atoms. The Bertz CT molecular complexity index is 434. The molecule has 20 heavy (non-hydrogen) atoms. The predicted molar refractivity (Wildman–Crippen MR) is 81.4 cm³/mol. The largest absolute Gasteiger partial charge is 0.496 e. The first kappa shape index (κ1) is 16.9. The van der Waals surface area contributed by atoms with Crippen molar-refractivity contribution in [2.24, 2.45) is 11.1 Å². The van der Waals surface area contributed by atoms with Gasteiger partial charge in [0.25, 0.3) is 0 Å². The van der Waals surface area contributed by atoms with E-state index in [2.05, 4.69) is 25.7 Å². The monoisotopic (exact) mass is 282 g/mol. The molecule has 0 aromatic heterocycles. The quantitative estimate of drug-likeness (QED) is 0.834. The molecule has 0 saturated heterocycles. The molecule has 1 aromatic rings. The number of rotatable bonds is 7. The van der Waals surface area contributed by atoms with E-state index in [0.29, 0.717) is 17.9 Å². The molecule has 3 nitrogen and oxygen atoms in total. The number of ether oxygens (including phenoxy) is 1. The smallest absolute Gasteiger partial charge is 0.131 e. The molecule has 1 rings (SSSR count). The molecule has 114 valence electrons. The Hall–Kier alpha value is -1.13. The average Bonchev–Trinajstić information content (AvgIpc) is 2.43. The van der Waals surface area contributed by atoms with Gasteiger partial charge in [-0.2, -0.15) is 0 Å². The molecule has 1 aromatic carbocycles. The maximum absolute atomic E-state index is 14.2. The van der Waals surface area contributed by atoms with Crippen molar-refractivity contribution in [2.75, 3.05) is 26.7 Å². The second-order valence-corrected chi connectivity index (χ2v) is 5.96. The van der Waals surface area contributed by atoms with Crippen LogP contribution in [0.4, 0.5) is 4.39 Å². The first-order valence-corrected chi connectivity index (χ1v) is 7.12. The highest BCUT2D eigenvalue weighted by molar-refractivity contribution is 5.37. The van der Waals surface area contributed by atoms with Crippen LogP contribution in [0.3, 0.4) is 0 Å². The number of halogens is 1. The molecule has 0 fully saturated rings. The van der Waals surface area contributed by atoms with E-state index in [4.69, 9.17) is 10.5 Å². The minimum absolute atomic E-state index is 0.00274. The van der Waals surface area contributed by atoms with Gasteiger partial charge >= 0.3 is 0 Å². The van der Waals surface area contributed by atoms with Gasteiger partial charge in [0, 0.05) is 18.2 Å². The molecule has 0 saturated carbocycles. The van der Waals surface area contributed by atoms with Gasteiger partial charge in [0.15, 0.2) is 0 Å². The summed E-state index contributed by atoms with van der Waals surface area (Å²) < 4.78 is 19.5. The second kappa shape index (κ2) is 7.04. The van der Waals surface area contributed by atoms with E-state index < -0.39 is 0 Å². The molecular weight excluding hydrogens is 255 g/mol. The Labute approximate surface area is 121 Å². The molecule has 0 aliphatic rings. The number of hydrogen-bond donors (Lipinski definition) is 1. The minimum Gasteiger partial charge on any atom is -0.496 e. The summed E-state index contributed by atoms with van der Waals surface area (Å²) in [4.78, 5) is 2.23. The SMILES string of the molecule is CCN(CC(C)(C)CN)C(C)c1c(F)cccc1OC. The third-order valence-corrected chi connectivity index (χ3v) is 3.79. The Morgan fingerprint density at radius 1 is 1.40 bits per heavy atom. The predicted octanol–water partition coefficient (Wildman–Crippen LogP) is 3.20. The fraction of sp³-hybridized carbons (Fsp3) is 0.625. The van der Waals surface area contributed by atoms with Crippen molar-refractivity contribution < 1.29 is 9.13 Å². The fourth-order valence-electron chi connectivity index (χ4n) is 2.42. The summed E-state index contributed by atoms with van der Waals surface area (Å²) in [7, 11) is 1.57. The lowest BCUT2D eigenvalue weighted by atomic mass is 9.91. The minimum atomic E-state index is -0.221. The lowest BCUT2D eigenvalue weighted by Crippen LogP contribution is -2.40. The molecule has 0 amide bonds. The van der Waals surface area contributed by atoms with Gasteiger partial charge in [0.2, 0.25) is 0 Å². The van der Waals surface area contributed by atoms with Crippen LogP contribution in [0.1, 0.15) is 39.3 Å². The third-order valence-electron chi connectivity index (χ3n) is 3.79. The first-order valence-electron chi connectivity index (χ1n) is 7.12. The number of hydrogen-bond acceptors (Lipinski definition) is 3. The fourth-order valence-corrected chi connectivity index (χ4v) is 2.42. The molecule has 0 radical (unpaired) electrons. The lowest BCUT2D eigenvalue weighted by Gasteiger charge is -2.35. The van der Waals surface area contributed by atoms with Crippen LogP contribution in [-0.2, 0) is 0 Å². The zero-order valence-electron chi connectivity index (χ0n) is 13.2. The van der Waals surface area contributed by atoms with Gasteiger partial charge in [-0.1, -0.05) is 26.8 Å². The molecule has 0 bridgehead atoms. The standard InChI is InChI=1S/C16H27FN2O/c1-6-19(11-16(3,4)10-18)12(2)15-13(17)8-7-9-14(15)20-5/h7-9,12H,6,10-11,18H2,1-5H3. The number of methoxy groups -OCH3 is 1. The van der Waals surface area contributed by atoms with E-state index >= 15 is 0 Å². The lowest BCUT2D eigenvalue weighted by molar-refractivity contribution is 0.143. The molecule has 1 atom stereocenters. The molecule has 0 aliphatic heterocycles. The molecular formula is C16H27FN2O. The number of nitrogens with zero attached hydrogens (tertiary/aromatic N) is 1. The zero-order valence-corrected chi connectivity index (χ0v) is 13.2. The van der Waals surface area contributed by atoms with Crippen molar-refractivity contribution in [3.8, 4) is 5.75 Å². The Morgan fingerprint density at radius 3 is 2.55 bits per heavy atom. The Morgan fingerprint density at radius 2 is 2.05 bits per heavy atom. The molecule has 4 heteroatoms. The van der Waals surface area contributed by atoms with Crippen LogP contribution < -0.4 is 10.5 Å². The summed E-state index contributed by atoms with van der Waals surface area (Å²) in [5.41, 5.74) is 6.43. The summed E-state index contributed by atoms with van der Waals surface area (Å²) >= 11 is 0. The van der Waals surface area contributed by atoms with Gasteiger partial charge in [-0.3, -0.25) is 4.90 Å². The van der Waals surface area contributed by atoms with Crippen molar-refractivity contribution in [3.05, 3.63) is 29.6 Å². The third kappa shape index (κ3) is 3.93. The molecule has 0 aliphatic carbocycles. The normalized spacial score (nSPS) is 13.6. The van der Waals surface area contributed by atoms with Crippen LogP contribution in [0.25, 0.3) is 0 Å². The van der Waals surface area contributed by atoms with Gasteiger partial charge in [-0.05, 0) is 37.6 Å². The van der Waals surface area contributed by atoms with Crippen LogP contribution in [-0.4, -0.2) is 31.6 Å². The number of nitrogens with two attached hydrogens (primary N) is 1. The van der Waals surface area contributed by atoms with Crippen LogP contribution in [0.15, 0.2) is 18.2 Å². The van der Waals surface area contributed by atoms with Crippen LogP contribution in [0, 0.1) is 11.2 Å². The molecule has 0 heterocycles. The van der Waals surface area contributed by atoms with Crippen LogP contribution >= 0.6 is 0 Å². The van der Waals surface area contributed by atoms with Crippen LogP contribution in [0.5, 0.6) is 5.75 Å². The van der Waals surface area contributed by atoms with Crippen molar-refractivity contribution in [2.45, 2.75) is 33.7 Å². The summed E-state index contributed by atoms with van der Waals surface area (Å²) in [6, 6.07) is 4.90. The van der Waals surface area contributed by atoms with E-state index in [1.807, 2.05) is 6.92 Å². The van der Waals surface area contributed by atoms with Gasteiger partial charge in [-0.15, -0.1) is 0 Å². The van der Waals surface area contributed by atoms with Crippen molar-refractivity contribution in [1.29, 1.82) is 0 Å². The maximum atomic E-state index is 14.2. The van der Waals surface area contributed by atoms with Gasteiger partial charge in [0.1, 0.15) is 11.6 Å². The van der Waals surface area contributed by atoms with Crippen molar-refractivity contribution in [3.63, 3.8) is 0 Å². The Kier molecular flexibility index (Phi) is 5.96. The van der Waals surface area contributed by atoms with Gasteiger partial charge in [-0.25, -0.2) is 4.39 Å². The average molecular weight is 282 g/mol. The first-order chi connectivity index (χ1) is 9.36. The van der Waals surface area contributed by atoms with Gasteiger partial charge < -0.3 is 10.5 Å². The van der Waals surface area contributed by atoms with E-state index in [1.54, 1.807) is 19.2 Å². The van der Waals surface area contributed by atoms with Crippen molar-refractivity contribution in [1.82, 2.24) is 4.90 Å². The maximum Gasteiger partial charge on any atom is 0.131 e. The summed E-state index contributed by atoms with van der Waals surface area (Å²) in [5, 5.41) is 0. The van der Waals surface area contributed by atoms with E-state index in [-0.39, 0.29) is 17.3 Å². The van der Waals surface area contributed by atoms with E-state index in [1.165, 1.54) is 6.07 Å². The summed E-state index contributed by atoms with van der Waals surface area (Å²) in [5.74, 6) is 0.377. The summed E-state index contributed by atoms with van der Waals surface area (Å²) in [6.07, 6.45) is 0. The van der Waals surface area contributed by atoms with Crippen LogP contribution in [0.2, 0.25) is 0 Å². The van der Waals surface area contributed by atoms with E-state index in [9.17, 15) is 4.39 Å². The zero-order chi connectivity index (χ0) is 15.3. The Balaban J connectivity index is 3.05. The van der Waals surface area contributed by atoms with Gasteiger partial charge in [0.05, 0.1) is 7.11 Å². The second-order valence-electron chi connectivity index (χ2n) is 5.96. The van der Waals surface area contributed by atoms with E-state index in [0.717, 1.165) is 13.1 Å². The molecule has 1 unspecified atom stereocenters. The highest BCUT2D eigenvalue weighted by atomic mass is 19.1. The highest BCUT2D eigenvalue weighted by Crippen LogP contribution is 2.32. The highest BCUT2D eigenvalue weighted by Gasteiger charge is 2.26. The molecule has 2 N–H and O–H groups in total. The number of benzene rings is 1. The summed E-state index contributed by atoms with van der Waals surface area (Å²) in [6.45, 7) is 10.6. The topological polar surface area (TPSA) is 38.5 Å². The van der Waals surface area contributed by atoms with Crippen molar-refractivity contribution >= 4 is 0 Å².